The number of carbonyl (C=O) groups is 1. The molecule has 2 aliphatic heterocycles. The lowest BCUT2D eigenvalue weighted by molar-refractivity contribution is -0.359. The van der Waals surface area contributed by atoms with Gasteiger partial charge in [-0.2, -0.15) is 0 Å². The van der Waals surface area contributed by atoms with Crippen molar-refractivity contribution >= 4 is 5.91 Å². The second kappa shape index (κ2) is 51.3. The summed E-state index contributed by atoms with van der Waals surface area (Å²) in [4.78, 5) is 13.3. The summed E-state index contributed by atoms with van der Waals surface area (Å²) in [5.74, 6) is -0.268. The fourth-order valence-corrected chi connectivity index (χ4v) is 9.88. The molecule has 14 nitrogen and oxygen atoms in total. The van der Waals surface area contributed by atoms with Gasteiger partial charge < -0.3 is 65.1 Å². The predicted octanol–water partition coefficient (Wildman–Crippen LogP) is 11.8. The molecule has 14 heteroatoms. The molecule has 9 N–H and O–H groups in total. The first-order valence-electron chi connectivity index (χ1n) is 32.0. The molecule has 81 heavy (non-hydrogen) atoms. The third kappa shape index (κ3) is 36.4. The van der Waals surface area contributed by atoms with Gasteiger partial charge in [0, 0.05) is 6.42 Å². The van der Waals surface area contributed by atoms with Gasteiger partial charge in [0.15, 0.2) is 12.6 Å². The van der Waals surface area contributed by atoms with Gasteiger partial charge in [-0.3, -0.25) is 4.79 Å². The minimum absolute atomic E-state index is 0.251. The van der Waals surface area contributed by atoms with Crippen molar-refractivity contribution in [3.8, 4) is 0 Å². The first-order chi connectivity index (χ1) is 39.6. The molecule has 2 fully saturated rings. The van der Waals surface area contributed by atoms with E-state index >= 15 is 0 Å². The SMILES string of the molecule is CC/C=C\C/C=C\C/C=C\C/C=C\C/C=C\CCCCCCCCCC(=O)NC(COC1OC(CO)C(OC2OC(CO)C(O)C(O)C2O)C(O)C1O)C(O)/C=C/CC/C=C/CC/C=C/CCCCCCCCCCCCCCCC. The van der Waals surface area contributed by atoms with Crippen LogP contribution in [-0.2, 0) is 23.7 Å². The molecule has 12 atom stereocenters. The van der Waals surface area contributed by atoms with E-state index in [1.54, 1.807) is 6.08 Å². The Morgan fingerprint density at radius 1 is 0.457 bits per heavy atom. The fraction of sp³-hybridized carbons (Fsp3) is 0.746. The fourth-order valence-electron chi connectivity index (χ4n) is 9.88. The minimum atomic E-state index is -1.80. The Kier molecular flexibility index (Phi) is 46.9. The van der Waals surface area contributed by atoms with Gasteiger partial charge in [-0.05, 0) is 89.9 Å². The van der Waals surface area contributed by atoms with Crippen LogP contribution in [0.2, 0.25) is 0 Å². The highest BCUT2D eigenvalue weighted by atomic mass is 16.7. The number of carbonyl (C=O) groups excluding carboxylic acids is 1. The monoisotopic (exact) mass is 1140 g/mol. The number of ether oxygens (including phenoxy) is 4. The number of unbranched alkanes of at least 4 members (excludes halogenated alkanes) is 23. The zero-order valence-electron chi connectivity index (χ0n) is 50.2. The maximum atomic E-state index is 13.3. The van der Waals surface area contributed by atoms with Crippen molar-refractivity contribution in [1.82, 2.24) is 5.32 Å². The molecule has 0 aromatic heterocycles. The lowest BCUT2D eigenvalue weighted by atomic mass is 9.97. The van der Waals surface area contributed by atoms with Crippen molar-refractivity contribution in [2.24, 2.45) is 0 Å². The van der Waals surface area contributed by atoms with Crippen LogP contribution in [0.5, 0.6) is 0 Å². The van der Waals surface area contributed by atoms with Crippen LogP contribution in [0.1, 0.15) is 226 Å². The van der Waals surface area contributed by atoms with Crippen molar-refractivity contribution < 1.29 is 64.6 Å². The quantitative estimate of drug-likeness (QED) is 0.0204. The van der Waals surface area contributed by atoms with E-state index in [2.05, 4.69) is 104 Å². The van der Waals surface area contributed by atoms with E-state index < -0.39 is 86.8 Å². The van der Waals surface area contributed by atoms with E-state index in [-0.39, 0.29) is 18.9 Å². The summed E-state index contributed by atoms with van der Waals surface area (Å²) in [5, 5.41) is 87.2. The first kappa shape index (κ1) is 74.0. The summed E-state index contributed by atoms with van der Waals surface area (Å²) >= 11 is 0. The number of nitrogens with one attached hydrogen (secondary N) is 1. The average Bonchev–Trinajstić information content (AvgIpc) is 3.47. The van der Waals surface area contributed by atoms with E-state index in [9.17, 15) is 45.6 Å². The van der Waals surface area contributed by atoms with E-state index in [1.165, 1.54) is 89.9 Å². The van der Waals surface area contributed by atoms with Gasteiger partial charge in [0.05, 0.1) is 32.0 Å². The zero-order valence-corrected chi connectivity index (χ0v) is 50.2. The van der Waals surface area contributed by atoms with E-state index in [4.69, 9.17) is 18.9 Å². The lowest BCUT2D eigenvalue weighted by Gasteiger charge is -2.46. The number of hydrogen-bond acceptors (Lipinski definition) is 13. The third-order valence-corrected chi connectivity index (χ3v) is 15.0. The highest BCUT2D eigenvalue weighted by Crippen LogP contribution is 2.30. The van der Waals surface area contributed by atoms with Crippen molar-refractivity contribution in [1.29, 1.82) is 0 Å². The molecule has 0 aromatic rings. The van der Waals surface area contributed by atoms with Crippen LogP contribution in [0.3, 0.4) is 0 Å². The molecule has 2 heterocycles. The number of aliphatic hydroxyl groups excluding tert-OH is 8. The maximum absolute atomic E-state index is 13.3. The Bertz CT molecular complexity index is 1730. The molecule has 2 saturated heterocycles. The average molecular weight is 1140 g/mol. The lowest BCUT2D eigenvalue weighted by Crippen LogP contribution is -2.65. The molecule has 0 bridgehead atoms. The van der Waals surface area contributed by atoms with Crippen LogP contribution < -0.4 is 5.32 Å². The van der Waals surface area contributed by atoms with Crippen LogP contribution in [0.25, 0.3) is 0 Å². The molecule has 466 valence electrons. The molecule has 1 amide bonds. The number of amides is 1. The van der Waals surface area contributed by atoms with Crippen LogP contribution in [0.15, 0.2) is 97.2 Å². The smallest absolute Gasteiger partial charge is 0.220 e. The number of rotatable bonds is 50. The largest absolute Gasteiger partial charge is 0.394 e. The molecule has 0 aliphatic carbocycles. The summed E-state index contributed by atoms with van der Waals surface area (Å²) in [6.07, 6.45) is 54.4. The van der Waals surface area contributed by atoms with Crippen LogP contribution in [-0.4, -0.2) is 140 Å². The van der Waals surface area contributed by atoms with Gasteiger partial charge in [0.25, 0.3) is 0 Å². The van der Waals surface area contributed by atoms with Gasteiger partial charge in [-0.15, -0.1) is 0 Å². The Hall–Kier alpha value is -3.09. The molecular formula is C67H115NO13. The Morgan fingerprint density at radius 2 is 0.864 bits per heavy atom. The Morgan fingerprint density at radius 3 is 1.36 bits per heavy atom. The second-order valence-corrected chi connectivity index (χ2v) is 22.1. The molecular weight excluding hydrogens is 1030 g/mol. The molecule has 2 rings (SSSR count). The topological polar surface area (TPSA) is 228 Å². The second-order valence-electron chi connectivity index (χ2n) is 22.1. The highest BCUT2D eigenvalue weighted by molar-refractivity contribution is 5.76. The third-order valence-electron chi connectivity index (χ3n) is 15.0. The summed E-state index contributed by atoms with van der Waals surface area (Å²) in [6, 6.07) is -0.952. The molecule has 0 spiro atoms. The molecule has 12 unspecified atom stereocenters. The summed E-state index contributed by atoms with van der Waals surface area (Å²) < 4.78 is 22.8. The predicted molar refractivity (Wildman–Crippen MR) is 327 cm³/mol. The van der Waals surface area contributed by atoms with Gasteiger partial charge in [-0.25, -0.2) is 0 Å². The molecule has 0 aromatic carbocycles. The van der Waals surface area contributed by atoms with Crippen LogP contribution >= 0.6 is 0 Å². The highest BCUT2D eigenvalue weighted by Gasteiger charge is 2.51. The van der Waals surface area contributed by atoms with Gasteiger partial charge in [0.1, 0.15) is 48.8 Å². The summed E-state index contributed by atoms with van der Waals surface area (Å²) in [6.45, 7) is 2.66. The number of allylic oxidation sites excluding steroid dienone is 15. The summed E-state index contributed by atoms with van der Waals surface area (Å²) in [5.41, 5.74) is 0. The standard InChI is InChI=1S/C67H115NO13/c1-3-5-7-9-11-13-15-17-19-21-23-25-27-29-30-32-34-36-38-40-42-44-46-48-50-56(71)55(54-78-66-64(77)62(75)65(58(53-70)80-66)81-67-63(76)61(74)60(73)57(52-69)79-67)68-59(72)51-49-47-45-43-41-39-37-35-33-31-28-26-24-22-20-18-16-14-12-10-8-6-4-2/h6,8,12,14,18,20,24,26,31-34,40,42,48,50,55-58,60-67,69-71,73-77H,3-5,7,9-11,13,15-17,19,21-23,25,27-30,35-39,41,43-47,49,51-54H2,1-2H3,(H,68,72)/b8-6-,14-12-,20-18-,26-24-,33-31-,34-32+,42-40+,50-48+. The zero-order chi connectivity index (χ0) is 58.8. The van der Waals surface area contributed by atoms with Crippen LogP contribution in [0, 0.1) is 0 Å². The van der Waals surface area contributed by atoms with Gasteiger partial charge in [-0.1, -0.05) is 227 Å². The van der Waals surface area contributed by atoms with Gasteiger partial charge >= 0.3 is 0 Å². The molecule has 0 radical (unpaired) electrons. The van der Waals surface area contributed by atoms with E-state index in [0.29, 0.717) is 12.8 Å². The van der Waals surface area contributed by atoms with Crippen molar-refractivity contribution in [3.05, 3.63) is 97.2 Å². The Labute approximate surface area is 490 Å². The van der Waals surface area contributed by atoms with Crippen molar-refractivity contribution in [2.45, 2.75) is 299 Å². The maximum Gasteiger partial charge on any atom is 0.220 e. The van der Waals surface area contributed by atoms with Crippen molar-refractivity contribution in [2.75, 3.05) is 19.8 Å². The van der Waals surface area contributed by atoms with E-state index in [1.807, 2.05) is 6.08 Å². The van der Waals surface area contributed by atoms with Crippen molar-refractivity contribution in [3.63, 3.8) is 0 Å². The van der Waals surface area contributed by atoms with Gasteiger partial charge in [0.2, 0.25) is 5.91 Å². The van der Waals surface area contributed by atoms with E-state index in [0.717, 1.165) is 103 Å². The van der Waals surface area contributed by atoms with Crippen LogP contribution in [0.4, 0.5) is 0 Å². The molecule has 0 saturated carbocycles. The normalized spacial score (nSPS) is 24.8. The number of hydrogen-bond donors (Lipinski definition) is 9. The first-order valence-corrected chi connectivity index (χ1v) is 32.0. The number of aliphatic hydroxyl groups is 8. The molecule has 2 aliphatic rings. The summed E-state index contributed by atoms with van der Waals surface area (Å²) in [7, 11) is 0. The Balaban J connectivity index is 1.77. The minimum Gasteiger partial charge on any atom is -0.394 e.